The van der Waals surface area contributed by atoms with Crippen molar-refractivity contribution in [1.29, 1.82) is 0 Å². The molecule has 5 rings (SSSR count). The maximum absolute atomic E-state index is 13.1. The normalized spacial score (nSPS) is 21.1. The van der Waals surface area contributed by atoms with E-state index in [1.807, 2.05) is 12.1 Å². The van der Waals surface area contributed by atoms with Crippen LogP contribution in [0, 0.1) is 11.7 Å². The van der Waals surface area contributed by atoms with Crippen molar-refractivity contribution >= 4 is 0 Å². The molecule has 0 amide bonds. The van der Waals surface area contributed by atoms with Crippen LogP contribution in [0.25, 0.3) is 0 Å². The van der Waals surface area contributed by atoms with Crippen molar-refractivity contribution in [3.05, 3.63) is 94.8 Å². The molecule has 1 heterocycles. The van der Waals surface area contributed by atoms with Gasteiger partial charge in [-0.3, -0.25) is 0 Å². The van der Waals surface area contributed by atoms with Crippen LogP contribution in [0.5, 0.6) is 11.5 Å². The van der Waals surface area contributed by atoms with E-state index in [1.54, 1.807) is 7.11 Å². The number of unbranched alkanes of at least 4 members (excludes halogenated alkanes) is 1. The molecule has 34 heavy (non-hydrogen) atoms. The highest BCUT2D eigenvalue weighted by molar-refractivity contribution is 5.53. The van der Waals surface area contributed by atoms with E-state index in [0.717, 1.165) is 50.1 Å². The van der Waals surface area contributed by atoms with Crippen LogP contribution >= 0.6 is 0 Å². The Kier molecular flexibility index (Phi) is 7.15. The first-order chi connectivity index (χ1) is 16.7. The first-order valence-electron chi connectivity index (χ1n) is 12.6. The van der Waals surface area contributed by atoms with E-state index in [4.69, 9.17) is 9.47 Å². The smallest absolute Gasteiger partial charge is 0.123 e. The Morgan fingerprint density at radius 3 is 2.50 bits per heavy atom. The number of hydrogen-bond donors (Lipinski definition) is 1. The fourth-order valence-corrected chi connectivity index (χ4v) is 5.85. The molecule has 1 N–H and O–H groups in total. The van der Waals surface area contributed by atoms with Crippen molar-refractivity contribution in [3.63, 3.8) is 0 Å². The van der Waals surface area contributed by atoms with Gasteiger partial charge in [0.15, 0.2) is 0 Å². The summed E-state index contributed by atoms with van der Waals surface area (Å²) in [6.07, 6.45) is 6.23. The Hall–Kier alpha value is -2.85. The second kappa shape index (κ2) is 10.6. The Labute approximate surface area is 202 Å². The molecular weight excluding hydrogens is 425 g/mol. The molecule has 0 aromatic heterocycles. The third kappa shape index (κ3) is 4.97. The molecule has 0 spiro atoms. The van der Waals surface area contributed by atoms with Gasteiger partial charge in [0.25, 0.3) is 0 Å². The number of rotatable bonds is 9. The van der Waals surface area contributed by atoms with E-state index in [9.17, 15) is 4.39 Å². The number of aryl methyl sites for hydroxylation is 1. The molecule has 1 saturated heterocycles. The topological polar surface area (TPSA) is 30.5 Å². The summed E-state index contributed by atoms with van der Waals surface area (Å²) in [5.74, 6) is 2.91. The molecule has 0 bridgehead atoms. The van der Waals surface area contributed by atoms with Gasteiger partial charge in [-0.15, -0.1) is 0 Å². The first-order valence-corrected chi connectivity index (χ1v) is 12.6. The molecule has 178 valence electrons. The van der Waals surface area contributed by atoms with Crippen molar-refractivity contribution in [2.75, 3.05) is 20.3 Å². The van der Waals surface area contributed by atoms with Gasteiger partial charge >= 0.3 is 0 Å². The predicted octanol–water partition coefficient (Wildman–Crippen LogP) is 6.10. The van der Waals surface area contributed by atoms with Crippen LogP contribution in [-0.4, -0.2) is 26.3 Å². The molecule has 3 nitrogen and oxygen atoms in total. The number of methoxy groups -OCH3 is 1. The van der Waals surface area contributed by atoms with Gasteiger partial charge in [0.05, 0.1) is 13.7 Å². The van der Waals surface area contributed by atoms with Crippen LogP contribution in [0.15, 0.2) is 66.7 Å². The summed E-state index contributed by atoms with van der Waals surface area (Å²) in [4.78, 5) is 0. The number of ether oxygens (including phenoxy) is 2. The minimum absolute atomic E-state index is 0.179. The fraction of sp³-hybridized carbons (Fsp3) is 0.400. The number of fused-ring (bicyclic) bond motifs is 3. The second-order valence-electron chi connectivity index (χ2n) is 9.60. The van der Waals surface area contributed by atoms with Crippen molar-refractivity contribution in [3.8, 4) is 11.5 Å². The van der Waals surface area contributed by atoms with Gasteiger partial charge in [-0.2, -0.15) is 0 Å². The average Bonchev–Trinajstić information content (AvgIpc) is 3.28. The molecule has 3 atom stereocenters. The average molecular weight is 460 g/mol. The highest BCUT2D eigenvalue weighted by atomic mass is 19.1. The summed E-state index contributed by atoms with van der Waals surface area (Å²) in [5, 5.41) is 3.83. The SMILES string of the molecule is COc1ccc(OCCCCc2ccc(F)cc2)c2c1CCC1C(Cc3ccccc3)NCC21. The van der Waals surface area contributed by atoms with Crippen LogP contribution in [0.1, 0.15) is 47.4 Å². The molecule has 3 aromatic carbocycles. The Morgan fingerprint density at radius 1 is 0.912 bits per heavy atom. The molecule has 4 heteroatoms. The van der Waals surface area contributed by atoms with Gasteiger partial charge in [0.2, 0.25) is 0 Å². The Bertz CT molecular complexity index is 1080. The lowest BCUT2D eigenvalue weighted by Gasteiger charge is -2.33. The minimum Gasteiger partial charge on any atom is -0.496 e. The summed E-state index contributed by atoms with van der Waals surface area (Å²) < 4.78 is 25.2. The molecule has 1 fully saturated rings. The van der Waals surface area contributed by atoms with Crippen molar-refractivity contribution in [2.45, 2.75) is 50.5 Å². The van der Waals surface area contributed by atoms with E-state index in [2.05, 4.69) is 47.8 Å². The van der Waals surface area contributed by atoms with Crippen LogP contribution in [0.4, 0.5) is 4.39 Å². The zero-order valence-electron chi connectivity index (χ0n) is 19.9. The maximum Gasteiger partial charge on any atom is 0.123 e. The summed E-state index contributed by atoms with van der Waals surface area (Å²) in [5.41, 5.74) is 5.26. The highest BCUT2D eigenvalue weighted by Gasteiger charge is 2.42. The van der Waals surface area contributed by atoms with Crippen LogP contribution in [0.3, 0.4) is 0 Å². The molecule has 0 radical (unpaired) electrons. The van der Waals surface area contributed by atoms with Gasteiger partial charge in [-0.25, -0.2) is 4.39 Å². The minimum atomic E-state index is -0.179. The zero-order valence-corrected chi connectivity index (χ0v) is 19.9. The monoisotopic (exact) mass is 459 g/mol. The summed E-state index contributed by atoms with van der Waals surface area (Å²) in [6.45, 7) is 1.68. The molecule has 3 aromatic rings. The maximum atomic E-state index is 13.1. The molecule has 0 saturated carbocycles. The quantitative estimate of drug-likeness (QED) is 0.393. The molecule has 1 aliphatic carbocycles. The summed E-state index contributed by atoms with van der Waals surface area (Å²) in [7, 11) is 1.77. The third-order valence-corrected chi connectivity index (χ3v) is 7.56. The van der Waals surface area contributed by atoms with E-state index in [0.29, 0.717) is 24.5 Å². The summed E-state index contributed by atoms with van der Waals surface area (Å²) in [6, 6.07) is 22.3. The van der Waals surface area contributed by atoms with Crippen molar-refractivity contribution < 1.29 is 13.9 Å². The van der Waals surface area contributed by atoms with Crippen LogP contribution < -0.4 is 14.8 Å². The lowest BCUT2D eigenvalue weighted by atomic mass is 9.73. The fourth-order valence-electron chi connectivity index (χ4n) is 5.85. The van der Waals surface area contributed by atoms with Gasteiger partial charge in [-0.1, -0.05) is 42.5 Å². The number of benzene rings is 3. The van der Waals surface area contributed by atoms with E-state index < -0.39 is 0 Å². The van der Waals surface area contributed by atoms with Crippen LogP contribution in [-0.2, 0) is 19.3 Å². The standard InChI is InChI=1S/C30H34FNO2/c1-33-28-16-17-29(34-18-6-5-7-21-10-12-23(31)13-11-21)30-25(28)15-14-24-26(30)20-32-27(24)19-22-8-3-2-4-9-22/h2-4,8-13,16-17,24,26-27,32H,5-7,14-15,18-20H2,1H3. The lowest BCUT2D eigenvalue weighted by Crippen LogP contribution is -2.31. The van der Waals surface area contributed by atoms with Crippen LogP contribution in [0.2, 0.25) is 0 Å². The van der Waals surface area contributed by atoms with Gasteiger partial charge in [0.1, 0.15) is 17.3 Å². The van der Waals surface area contributed by atoms with Crippen molar-refractivity contribution in [2.24, 2.45) is 5.92 Å². The molecular formula is C30H34FNO2. The molecule has 2 aliphatic rings. The predicted molar refractivity (Wildman–Crippen MR) is 134 cm³/mol. The van der Waals surface area contributed by atoms with E-state index >= 15 is 0 Å². The first kappa shape index (κ1) is 22.9. The number of halogens is 1. The van der Waals surface area contributed by atoms with Crippen molar-refractivity contribution in [1.82, 2.24) is 5.32 Å². The molecule has 1 aliphatic heterocycles. The van der Waals surface area contributed by atoms with Gasteiger partial charge < -0.3 is 14.8 Å². The largest absolute Gasteiger partial charge is 0.496 e. The Morgan fingerprint density at radius 2 is 1.71 bits per heavy atom. The second-order valence-corrected chi connectivity index (χ2v) is 9.60. The zero-order chi connectivity index (χ0) is 23.3. The Balaban J connectivity index is 1.25. The lowest BCUT2D eigenvalue weighted by molar-refractivity contribution is 0.290. The van der Waals surface area contributed by atoms with Gasteiger partial charge in [0, 0.05) is 29.6 Å². The van der Waals surface area contributed by atoms with E-state index in [-0.39, 0.29) is 5.82 Å². The number of nitrogens with one attached hydrogen (secondary N) is 1. The highest BCUT2D eigenvalue weighted by Crippen LogP contribution is 2.48. The third-order valence-electron chi connectivity index (χ3n) is 7.56. The van der Waals surface area contributed by atoms with Gasteiger partial charge in [-0.05, 0) is 79.8 Å². The molecule has 3 unspecified atom stereocenters. The summed E-state index contributed by atoms with van der Waals surface area (Å²) >= 11 is 0. The number of hydrogen-bond acceptors (Lipinski definition) is 3. The van der Waals surface area contributed by atoms with E-state index in [1.165, 1.54) is 40.8 Å².